The number of nitrogens with zero attached hydrogens (tertiary/aromatic N) is 2. The minimum absolute atomic E-state index is 0. The van der Waals surface area contributed by atoms with Crippen molar-refractivity contribution in [1.82, 2.24) is 9.38 Å². The maximum atomic E-state index is 4.61. The summed E-state index contributed by atoms with van der Waals surface area (Å²) in [6.45, 7) is 8.64. The van der Waals surface area contributed by atoms with Gasteiger partial charge in [0.1, 0.15) is 5.65 Å². The molecule has 0 bridgehead atoms. The minimum atomic E-state index is 0. The number of aromatic nitrogens is 2. The summed E-state index contributed by atoms with van der Waals surface area (Å²) in [6.07, 6.45) is 4.17. The normalized spacial score (nSPS) is 11.5. The van der Waals surface area contributed by atoms with Gasteiger partial charge in [0, 0.05) is 17.8 Å². The van der Waals surface area contributed by atoms with Crippen LogP contribution in [0.15, 0.2) is 24.5 Å². The maximum Gasteiger partial charge on any atom is 0.137 e. The first kappa shape index (κ1) is 12.1. The molecule has 2 aromatic rings. The minimum Gasteiger partial charge on any atom is -0.307 e. The Morgan fingerprint density at radius 3 is 2.53 bits per heavy atom. The summed E-state index contributed by atoms with van der Waals surface area (Å²) in [7, 11) is 0. The molecule has 2 aromatic heterocycles. The van der Waals surface area contributed by atoms with E-state index in [4.69, 9.17) is 0 Å². The second kappa shape index (κ2) is 3.86. The van der Waals surface area contributed by atoms with Gasteiger partial charge in [-0.25, -0.2) is 4.98 Å². The summed E-state index contributed by atoms with van der Waals surface area (Å²) in [5.74, 6) is 0. The molecule has 0 amide bonds. The largest absolute Gasteiger partial charge is 0.307 e. The second-order valence-electron chi connectivity index (χ2n) is 4.85. The molecule has 0 N–H and O–H groups in total. The highest BCUT2D eigenvalue weighted by Gasteiger charge is 2.17. The summed E-state index contributed by atoms with van der Waals surface area (Å²) in [4.78, 5) is 4.61. The standard InChI is InChI=1S/C12H16N2.ClH/c1-9-5-6-14-8-10(12(2,3)4)13-11(14)7-9;/h5-8H,1-4H3;1H. The molecule has 0 aliphatic carbocycles. The van der Waals surface area contributed by atoms with Gasteiger partial charge >= 0.3 is 0 Å². The van der Waals surface area contributed by atoms with Crippen LogP contribution in [-0.4, -0.2) is 9.38 Å². The fraction of sp³-hybridized carbons (Fsp3) is 0.417. The van der Waals surface area contributed by atoms with Crippen molar-refractivity contribution < 1.29 is 0 Å². The van der Waals surface area contributed by atoms with Gasteiger partial charge in [-0.05, 0) is 24.6 Å². The highest BCUT2D eigenvalue weighted by molar-refractivity contribution is 5.85. The highest BCUT2D eigenvalue weighted by atomic mass is 35.5. The van der Waals surface area contributed by atoms with Crippen molar-refractivity contribution in [2.45, 2.75) is 33.1 Å². The molecular weight excluding hydrogens is 208 g/mol. The van der Waals surface area contributed by atoms with Crippen molar-refractivity contribution in [2.24, 2.45) is 0 Å². The molecule has 0 saturated carbocycles. The smallest absolute Gasteiger partial charge is 0.137 e. The third-order valence-electron chi connectivity index (χ3n) is 2.38. The molecule has 0 unspecified atom stereocenters. The molecule has 0 saturated heterocycles. The van der Waals surface area contributed by atoms with Gasteiger partial charge in [-0.2, -0.15) is 0 Å². The average molecular weight is 225 g/mol. The Morgan fingerprint density at radius 1 is 1.27 bits per heavy atom. The zero-order valence-corrected chi connectivity index (χ0v) is 10.4. The van der Waals surface area contributed by atoms with Gasteiger partial charge < -0.3 is 4.40 Å². The lowest BCUT2D eigenvalue weighted by Crippen LogP contribution is -2.11. The SMILES string of the molecule is Cc1ccn2cc(C(C)(C)C)nc2c1.Cl. The number of aryl methyl sites for hydroxylation is 1. The van der Waals surface area contributed by atoms with E-state index in [9.17, 15) is 0 Å². The predicted octanol–water partition coefficient (Wildman–Crippen LogP) is 3.36. The van der Waals surface area contributed by atoms with Crippen LogP contribution in [0.5, 0.6) is 0 Å². The molecule has 0 aliphatic heterocycles. The monoisotopic (exact) mass is 224 g/mol. The summed E-state index contributed by atoms with van der Waals surface area (Å²) in [5, 5.41) is 0. The Kier molecular flexibility index (Phi) is 3.10. The second-order valence-corrected chi connectivity index (χ2v) is 4.85. The number of hydrogen-bond acceptors (Lipinski definition) is 1. The molecule has 3 heteroatoms. The topological polar surface area (TPSA) is 17.3 Å². The van der Waals surface area contributed by atoms with Crippen LogP contribution in [-0.2, 0) is 5.41 Å². The van der Waals surface area contributed by atoms with Gasteiger partial charge in [0.05, 0.1) is 5.69 Å². The van der Waals surface area contributed by atoms with Gasteiger partial charge in [-0.3, -0.25) is 0 Å². The van der Waals surface area contributed by atoms with Crippen molar-refractivity contribution in [3.05, 3.63) is 35.8 Å². The number of pyridine rings is 1. The van der Waals surface area contributed by atoms with E-state index in [2.05, 4.69) is 61.6 Å². The third kappa shape index (κ3) is 2.32. The molecule has 0 spiro atoms. The summed E-state index contributed by atoms with van der Waals surface area (Å²) < 4.78 is 2.08. The van der Waals surface area contributed by atoms with Crippen molar-refractivity contribution >= 4 is 18.1 Å². The van der Waals surface area contributed by atoms with Crippen LogP contribution in [0.4, 0.5) is 0 Å². The van der Waals surface area contributed by atoms with Gasteiger partial charge in [0.15, 0.2) is 0 Å². The quantitative estimate of drug-likeness (QED) is 0.671. The lowest BCUT2D eigenvalue weighted by molar-refractivity contribution is 0.573. The van der Waals surface area contributed by atoms with Crippen LogP contribution in [0.2, 0.25) is 0 Å². The summed E-state index contributed by atoms with van der Waals surface area (Å²) in [5.41, 5.74) is 3.56. The van der Waals surface area contributed by atoms with Crippen LogP contribution in [0.25, 0.3) is 5.65 Å². The molecule has 0 atom stereocenters. The predicted molar refractivity (Wildman–Crippen MR) is 65.9 cm³/mol. The van der Waals surface area contributed by atoms with E-state index in [0.29, 0.717) is 0 Å². The van der Waals surface area contributed by atoms with Gasteiger partial charge in [-0.15, -0.1) is 12.4 Å². The molecular formula is C12H17ClN2. The van der Waals surface area contributed by atoms with Crippen LogP contribution in [0, 0.1) is 6.92 Å². The Bertz CT molecular complexity index is 466. The van der Waals surface area contributed by atoms with E-state index >= 15 is 0 Å². The molecule has 0 aliphatic rings. The Morgan fingerprint density at radius 2 is 1.93 bits per heavy atom. The Hall–Kier alpha value is -1.02. The van der Waals surface area contributed by atoms with E-state index in [0.717, 1.165) is 11.3 Å². The first-order chi connectivity index (χ1) is 6.47. The first-order valence-electron chi connectivity index (χ1n) is 4.93. The highest BCUT2D eigenvalue weighted by Crippen LogP contribution is 2.21. The lowest BCUT2D eigenvalue weighted by atomic mass is 9.93. The molecule has 0 fully saturated rings. The number of hydrogen-bond donors (Lipinski definition) is 0. The molecule has 2 heterocycles. The zero-order chi connectivity index (χ0) is 10.3. The Balaban J connectivity index is 0.00000112. The molecule has 15 heavy (non-hydrogen) atoms. The van der Waals surface area contributed by atoms with E-state index in [1.54, 1.807) is 0 Å². The third-order valence-corrected chi connectivity index (χ3v) is 2.38. The molecule has 2 nitrogen and oxygen atoms in total. The molecule has 0 radical (unpaired) electrons. The molecule has 0 aromatic carbocycles. The zero-order valence-electron chi connectivity index (χ0n) is 9.61. The molecule has 82 valence electrons. The van der Waals surface area contributed by atoms with Gasteiger partial charge in [0.2, 0.25) is 0 Å². The van der Waals surface area contributed by atoms with Crippen LogP contribution in [0.1, 0.15) is 32.0 Å². The first-order valence-corrected chi connectivity index (χ1v) is 4.93. The van der Waals surface area contributed by atoms with Crippen LogP contribution in [0.3, 0.4) is 0 Å². The van der Waals surface area contributed by atoms with E-state index in [1.165, 1.54) is 5.56 Å². The van der Waals surface area contributed by atoms with E-state index in [-0.39, 0.29) is 17.8 Å². The van der Waals surface area contributed by atoms with Crippen LogP contribution >= 0.6 is 12.4 Å². The van der Waals surface area contributed by atoms with Crippen LogP contribution < -0.4 is 0 Å². The lowest BCUT2D eigenvalue weighted by Gasteiger charge is -2.13. The van der Waals surface area contributed by atoms with Crippen molar-refractivity contribution in [2.75, 3.05) is 0 Å². The van der Waals surface area contributed by atoms with Crippen molar-refractivity contribution in [3.63, 3.8) is 0 Å². The molecule has 2 rings (SSSR count). The van der Waals surface area contributed by atoms with E-state index in [1.807, 2.05) is 0 Å². The van der Waals surface area contributed by atoms with Crippen molar-refractivity contribution in [3.8, 4) is 0 Å². The number of fused-ring (bicyclic) bond motifs is 1. The number of halogens is 1. The van der Waals surface area contributed by atoms with Crippen molar-refractivity contribution in [1.29, 1.82) is 0 Å². The average Bonchev–Trinajstić information content (AvgIpc) is 2.45. The fourth-order valence-electron chi connectivity index (χ4n) is 1.45. The maximum absolute atomic E-state index is 4.61. The fourth-order valence-corrected chi connectivity index (χ4v) is 1.45. The van der Waals surface area contributed by atoms with E-state index < -0.39 is 0 Å². The number of rotatable bonds is 0. The van der Waals surface area contributed by atoms with Gasteiger partial charge in [-0.1, -0.05) is 20.8 Å². The summed E-state index contributed by atoms with van der Waals surface area (Å²) in [6, 6.07) is 4.20. The summed E-state index contributed by atoms with van der Waals surface area (Å²) >= 11 is 0. The number of imidazole rings is 1. The van der Waals surface area contributed by atoms with Gasteiger partial charge in [0.25, 0.3) is 0 Å². The Labute approximate surface area is 96.7 Å².